The van der Waals surface area contributed by atoms with E-state index in [9.17, 15) is 10.2 Å². The third kappa shape index (κ3) is 3.63. The zero-order valence-electron chi connectivity index (χ0n) is 18.0. The monoisotopic (exact) mass is 399 g/mol. The van der Waals surface area contributed by atoms with Crippen molar-refractivity contribution < 1.29 is 14.9 Å². The predicted molar refractivity (Wildman–Crippen MR) is 114 cm³/mol. The maximum absolute atomic E-state index is 10.5. The molecule has 0 radical (unpaired) electrons. The lowest BCUT2D eigenvalue weighted by molar-refractivity contribution is -0.102. The molecule has 1 heterocycles. The smallest absolute Gasteiger partial charge is 0.213 e. The molecule has 0 aliphatic heterocycles. The Hall–Kier alpha value is -1.39. The number of nitrogens with zero attached hydrogens (tertiary/aromatic N) is 1. The first-order chi connectivity index (χ1) is 13.9. The Kier molecular flexibility index (Phi) is 5.78. The summed E-state index contributed by atoms with van der Waals surface area (Å²) in [6.45, 7) is 9.98. The Balaban J connectivity index is 1.57. The summed E-state index contributed by atoms with van der Waals surface area (Å²) in [5, 5.41) is 20.9. The second-order valence-electron chi connectivity index (χ2n) is 10.3. The molecule has 2 N–H and O–H groups in total. The second-order valence-corrected chi connectivity index (χ2v) is 10.3. The van der Waals surface area contributed by atoms with Gasteiger partial charge in [-0.3, -0.25) is 0 Å². The molecule has 3 aliphatic carbocycles. The van der Waals surface area contributed by atoms with Crippen LogP contribution in [0.2, 0.25) is 0 Å². The van der Waals surface area contributed by atoms with Crippen molar-refractivity contribution in [2.75, 3.05) is 13.2 Å². The zero-order chi connectivity index (χ0) is 20.6. The molecule has 0 spiro atoms. The van der Waals surface area contributed by atoms with E-state index in [0.29, 0.717) is 30.2 Å². The summed E-state index contributed by atoms with van der Waals surface area (Å²) >= 11 is 0. The molecule has 4 nitrogen and oxygen atoms in total. The van der Waals surface area contributed by atoms with Crippen molar-refractivity contribution in [1.29, 1.82) is 0 Å². The van der Waals surface area contributed by atoms with Crippen LogP contribution in [0, 0.1) is 34.5 Å². The van der Waals surface area contributed by atoms with Gasteiger partial charge in [-0.15, -0.1) is 0 Å². The third-order valence-electron chi connectivity index (χ3n) is 9.02. The highest BCUT2D eigenvalue weighted by molar-refractivity contribution is 5.21. The SMILES string of the molecule is C=C1CC[C@H]2[C@H](CO)[C@@H]([C@@]3(C)CC[C@H](O)C[C@@H]3COc3ccccn3)CC[C@]12C. The number of ether oxygens (including phenoxy) is 1. The fourth-order valence-electron chi connectivity index (χ4n) is 7.03. The summed E-state index contributed by atoms with van der Waals surface area (Å²) in [6, 6.07) is 5.72. The molecule has 0 saturated heterocycles. The Morgan fingerprint density at radius 2 is 2.00 bits per heavy atom. The molecule has 29 heavy (non-hydrogen) atoms. The predicted octanol–water partition coefficient (Wildman–Crippen LogP) is 4.62. The fourth-order valence-corrected chi connectivity index (χ4v) is 7.03. The van der Waals surface area contributed by atoms with E-state index < -0.39 is 0 Å². The highest BCUT2D eigenvalue weighted by Gasteiger charge is 2.56. The molecule has 0 aromatic carbocycles. The molecule has 1 aromatic rings. The van der Waals surface area contributed by atoms with Crippen LogP contribution in [0.25, 0.3) is 0 Å². The number of aromatic nitrogens is 1. The van der Waals surface area contributed by atoms with E-state index in [1.54, 1.807) is 6.20 Å². The first-order valence-electron chi connectivity index (χ1n) is 11.4. The van der Waals surface area contributed by atoms with Gasteiger partial charge in [-0.25, -0.2) is 4.98 Å². The van der Waals surface area contributed by atoms with Crippen LogP contribution >= 0.6 is 0 Å². The van der Waals surface area contributed by atoms with Crippen LogP contribution < -0.4 is 4.74 Å². The first-order valence-corrected chi connectivity index (χ1v) is 11.4. The number of aliphatic hydroxyl groups is 2. The van der Waals surface area contributed by atoms with Gasteiger partial charge in [0.25, 0.3) is 0 Å². The number of pyridine rings is 1. The molecule has 4 rings (SSSR count). The van der Waals surface area contributed by atoms with Gasteiger partial charge in [0, 0.05) is 24.8 Å². The Morgan fingerprint density at radius 3 is 2.72 bits per heavy atom. The molecule has 7 atom stereocenters. The van der Waals surface area contributed by atoms with Crippen molar-refractivity contribution in [3.05, 3.63) is 36.5 Å². The summed E-state index contributed by atoms with van der Waals surface area (Å²) in [5.74, 6) is 2.21. The third-order valence-corrected chi connectivity index (χ3v) is 9.02. The summed E-state index contributed by atoms with van der Waals surface area (Å²) < 4.78 is 6.07. The Bertz CT molecular complexity index is 722. The average molecular weight is 400 g/mol. The molecular formula is C25H37NO3. The number of rotatable bonds is 5. The minimum Gasteiger partial charge on any atom is -0.477 e. The summed E-state index contributed by atoms with van der Waals surface area (Å²) in [6.07, 6.45) is 8.67. The maximum Gasteiger partial charge on any atom is 0.213 e. The molecule has 160 valence electrons. The molecule has 0 amide bonds. The van der Waals surface area contributed by atoms with Crippen molar-refractivity contribution in [2.45, 2.75) is 64.9 Å². The van der Waals surface area contributed by atoms with Gasteiger partial charge in [0.2, 0.25) is 5.88 Å². The van der Waals surface area contributed by atoms with Gasteiger partial charge >= 0.3 is 0 Å². The molecule has 3 fully saturated rings. The lowest BCUT2D eigenvalue weighted by atomic mass is 9.49. The van der Waals surface area contributed by atoms with Crippen LogP contribution in [0.4, 0.5) is 0 Å². The molecular weight excluding hydrogens is 362 g/mol. The minimum absolute atomic E-state index is 0.0622. The van der Waals surface area contributed by atoms with E-state index in [4.69, 9.17) is 4.74 Å². The van der Waals surface area contributed by atoms with Crippen LogP contribution in [-0.4, -0.2) is 34.5 Å². The standard InChI is InChI=1S/C25H37NO3/c1-17-7-8-21-20(15-27)22(10-12-24(17,21)2)25(3)11-9-19(28)14-18(25)16-29-23-6-4-5-13-26-23/h4-6,13,18-22,27-28H,1,7-12,14-16H2,2-3H3/t18-,19+,20+,21+,22+,24-,25+/m1/s1. The van der Waals surface area contributed by atoms with Crippen molar-refractivity contribution >= 4 is 0 Å². The van der Waals surface area contributed by atoms with Gasteiger partial charge in [0.1, 0.15) is 0 Å². The van der Waals surface area contributed by atoms with Crippen molar-refractivity contribution in [1.82, 2.24) is 4.98 Å². The van der Waals surface area contributed by atoms with E-state index in [1.165, 1.54) is 12.0 Å². The molecule has 0 bridgehead atoms. The van der Waals surface area contributed by atoms with Crippen LogP contribution in [0.15, 0.2) is 36.5 Å². The maximum atomic E-state index is 10.5. The van der Waals surface area contributed by atoms with Crippen LogP contribution in [0.1, 0.15) is 58.8 Å². The van der Waals surface area contributed by atoms with Gasteiger partial charge in [0.05, 0.1) is 12.7 Å². The lowest BCUT2D eigenvalue weighted by Crippen LogP contribution is -2.52. The van der Waals surface area contributed by atoms with E-state index in [0.717, 1.165) is 38.5 Å². The van der Waals surface area contributed by atoms with Crippen LogP contribution in [0.5, 0.6) is 5.88 Å². The minimum atomic E-state index is -0.256. The average Bonchev–Trinajstić information content (AvgIpc) is 3.03. The van der Waals surface area contributed by atoms with Gasteiger partial charge in [0.15, 0.2) is 0 Å². The lowest BCUT2D eigenvalue weighted by Gasteiger charge is -2.56. The van der Waals surface area contributed by atoms with Crippen molar-refractivity contribution in [3.63, 3.8) is 0 Å². The molecule has 0 unspecified atom stereocenters. The summed E-state index contributed by atoms with van der Waals surface area (Å²) in [4.78, 5) is 4.30. The highest BCUT2D eigenvalue weighted by Crippen LogP contribution is 2.63. The Morgan fingerprint density at radius 1 is 1.17 bits per heavy atom. The van der Waals surface area contributed by atoms with E-state index in [-0.39, 0.29) is 29.5 Å². The van der Waals surface area contributed by atoms with Gasteiger partial charge in [-0.2, -0.15) is 0 Å². The largest absolute Gasteiger partial charge is 0.477 e. The zero-order valence-corrected chi connectivity index (χ0v) is 18.0. The van der Waals surface area contributed by atoms with E-state index >= 15 is 0 Å². The normalized spacial score (nSPS) is 42.5. The first kappa shape index (κ1) is 20.9. The van der Waals surface area contributed by atoms with Crippen LogP contribution in [0.3, 0.4) is 0 Å². The van der Waals surface area contributed by atoms with E-state index in [1.807, 2.05) is 18.2 Å². The summed E-state index contributed by atoms with van der Waals surface area (Å²) in [5.41, 5.74) is 1.64. The topological polar surface area (TPSA) is 62.6 Å². The molecule has 3 saturated carbocycles. The van der Waals surface area contributed by atoms with E-state index in [2.05, 4.69) is 25.4 Å². The fraction of sp³-hybridized carbons (Fsp3) is 0.720. The van der Waals surface area contributed by atoms with Crippen molar-refractivity contribution in [3.8, 4) is 5.88 Å². The van der Waals surface area contributed by atoms with Crippen LogP contribution in [-0.2, 0) is 0 Å². The number of fused-ring (bicyclic) bond motifs is 1. The number of hydrogen-bond acceptors (Lipinski definition) is 4. The van der Waals surface area contributed by atoms with Gasteiger partial charge in [-0.1, -0.05) is 32.1 Å². The molecule has 4 heteroatoms. The molecule has 1 aromatic heterocycles. The summed E-state index contributed by atoms with van der Waals surface area (Å²) in [7, 11) is 0. The van der Waals surface area contributed by atoms with Gasteiger partial charge < -0.3 is 14.9 Å². The number of allylic oxidation sites excluding steroid dienone is 1. The number of aliphatic hydroxyl groups excluding tert-OH is 2. The second kappa shape index (κ2) is 8.03. The quantitative estimate of drug-likeness (QED) is 0.709. The highest BCUT2D eigenvalue weighted by atomic mass is 16.5. The Labute approximate surface area is 175 Å². The van der Waals surface area contributed by atoms with Gasteiger partial charge in [-0.05, 0) is 79.6 Å². The molecule has 3 aliphatic rings. The number of hydrogen-bond donors (Lipinski definition) is 2. The van der Waals surface area contributed by atoms with Crippen molar-refractivity contribution in [2.24, 2.45) is 34.5 Å².